The van der Waals surface area contributed by atoms with Gasteiger partial charge in [0, 0.05) is 38.8 Å². The number of benzene rings is 2. The Labute approximate surface area is 220 Å². The van der Waals surface area contributed by atoms with Crippen molar-refractivity contribution in [3.63, 3.8) is 0 Å². The molecule has 0 atom stereocenters. The van der Waals surface area contributed by atoms with Gasteiger partial charge in [0.25, 0.3) is 0 Å². The molecule has 0 unspecified atom stereocenters. The lowest BCUT2D eigenvalue weighted by molar-refractivity contribution is -0.137. The topological polar surface area (TPSA) is 111 Å². The molecule has 14 heteroatoms. The lowest BCUT2D eigenvalue weighted by Crippen LogP contribution is -2.41. The quantitative estimate of drug-likeness (QED) is 0.369. The summed E-state index contributed by atoms with van der Waals surface area (Å²) in [5.41, 5.74) is 1.48. The number of hydrogen-bond acceptors (Lipinski definition) is 6. The molecular formula is C25H24F3N5O5S. The van der Waals surface area contributed by atoms with E-state index in [0.717, 1.165) is 16.4 Å². The molecule has 0 fully saturated rings. The zero-order chi connectivity index (χ0) is 28.1. The fourth-order valence-corrected chi connectivity index (χ4v) is 5.61. The van der Waals surface area contributed by atoms with Crippen molar-refractivity contribution in [1.29, 1.82) is 0 Å². The summed E-state index contributed by atoms with van der Waals surface area (Å²) in [5, 5.41) is 4.50. The van der Waals surface area contributed by atoms with Gasteiger partial charge in [0.15, 0.2) is 5.58 Å². The predicted octanol–water partition coefficient (Wildman–Crippen LogP) is 3.07. The monoisotopic (exact) mass is 563 g/mol. The average molecular weight is 564 g/mol. The molecule has 0 saturated heterocycles. The number of carbonyl (C=O) groups excluding carboxylic acids is 1. The van der Waals surface area contributed by atoms with Gasteiger partial charge in [0.05, 0.1) is 40.5 Å². The van der Waals surface area contributed by atoms with Gasteiger partial charge in [-0.15, -0.1) is 0 Å². The van der Waals surface area contributed by atoms with Crippen molar-refractivity contribution in [3.8, 4) is 11.3 Å². The molecule has 1 aliphatic rings. The maximum absolute atomic E-state index is 13.1. The first-order chi connectivity index (χ1) is 18.3. The number of hydrogen-bond donors (Lipinski definition) is 0. The van der Waals surface area contributed by atoms with E-state index in [0.29, 0.717) is 42.0 Å². The summed E-state index contributed by atoms with van der Waals surface area (Å²) in [6.07, 6.45) is -3.87. The standard InChI is InChI=1S/C25H24F3N5O5S/c1-30(39(36,37)19-8-9-21-22(13-19)38-24(35)31(21)2)15-23(34)32-10-3-11-33-18(14-32)12-20(29-33)16-4-6-17(7-5-16)25(26,27)28/h4-9,12-13H,3,10-11,14-15H2,1-2H3. The number of rotatable bonds is 5. The number of amides is 1. The van der Waals surface area contributed by atoms with Gasteiger partial charge in [-0.05, 0) is 36.8 Å². The highest BCUT2D eigenvalue weighted by atomic mass is 32.2. The zero-order valence-corrected chi connectivity index (χ0v) is 21.8. The van der Waals surface area contributed by atoms with Gasteiger partial charge >= 0.3 is 11.9 Å². The molecular weight excluding hydrogens is 539 g/mol. The van der Waals surface area contributed by atoms with E-state index in [1.165, 1.54) is 53.9 Å². The molecule has 0 radical (unpaired) electrons. The lowest BCUT2D eigenvalue weighted by atomic mass is 10.1. The van der Waals surface area contributed by atoms with Crippen LogP contribution in [0.15, 0.2) is 62.6 Å². The number of oxazole rings is 1. The number of carbonyl (C=O) groups is 1. The third-order valence-electron chi connectivity index (χ3n) is 6.70. The first-order valence-electron chi connectivity index (χ1n) is 11.9. The Morgan fingerprint density at radius 3 is 2.51 bits per heavy atom. The molecule has 4 aromatic rings. The van der Waals surface area contributed by atoms with Gasteiger partial charge in [-0.3, -0.25) is 14.0 Å². The molecule has 5 rings (SSSR count). The minimum atomic E-state index is -4.44. The second-order valence-corrected chi connectivity index (χ2v) is 11.4. The van der Waals surface area contributed by atoms with Crippen LogP contribution in [0, 0.1) is 0 Å². The lowest BCUT2D eigenvalue weighted by Gasteiger charge is -2.23. The van der Waals surface area contributed by atoms with Crippen LogP contribution >= 0.6 is 0 Å². The maximum Gasteiger partial charge on any atom is 0.419 e. The maximum atomic E-state index is 13.1. The summed E-state index contributed by atoms with van der Waals surface area (Å²) in [5.74, 6) is -1.04. The minimum absolute atomic E-state index is 0.116. The molecule has 39 heavy (non-hydrogen) atoms. The average Bonchev–Trinajstić information content (AvgIpc) is 3.34. The van der Waals surface area contributed by atoms with Gasteiger partial charge in [0.2, 0.25) is 15.9 Å². The van der Waals surface area contributed by atoms with Crippen LogP contribution in [0.1, 0.15) is 17.7 Å². The molecule has 0 spiro atoms. The summed E-state index contributed by atoms with van der Waals surface area (Å²) < 4.78 is 74.0. The second-order valence-electron chi connectivity index (χ2n) is 9.31. The fourth-order valence-electron chi connectivity index (χ4n) is 4.48. The van der Waals surface area contributed by atoms with E-state index >= 15 is 0 Å². The van der Waals surface area contributed by atoms with Gasteiger partial charge in [-0.1, -0.05) is 12.1 Å². The van der Waals surface area contributed by atoms with E-state index in [2.05, 4.69) is 5.10 Å². The van der Waals surface area contributed by atoms with Crippen molar-refractivity contribution in [2.45, 2.75) is 30.6 Å². The SMILES string of the molecule is CN(CC(=O)N1CCCn2nc(-c3ccc(C(F)(F)F)cc3)cc2C1)S(=O)(=O)c1ccc2c(c1)oc(=O)n2C. The number of alkyl halides is 3. The summed E-state index contributed by atoms with van der Waals surface area (Å²) in [7, 11) is -1.26. The van der Waals surface area contributed by atoms with Crippen LogP contribution in [0.3, 0.4) is 0 Å². The van der Waals surface area contributed by atoms with E-state index < -0.39 is 40.0 Å². The van der Waals surface area contributed by atoms with Crippen molar-refractivity contribution >= 4 is 27.0 Å². The molecule has 2 aromatic heterocycles. The van der Waals surface area contributed by atoms with E-state index in [1.54, 1.807) is 10.7 Å². The Bertz CT molecular complexity index is 1720. The van der Waals surface area contributed by atoms with Crippen LogP contribution in [0.4, 0.5) is 13.2 Å². The van der Waals surface area contributed by atoms with E-state index in [1.807, 2.05) is 0 Å². The number of fused-ring (bicyclic) bond motifs is 2. The van der Waals surface area contributed by atoms with E-state index in [9.17, 15) is 31.2 Å². The number of halogens is 3. The van der Waals surface area contributed by atoms with Gasteiger partial charge in [-0.2, -0.15) is 22.6 Å². The van der Waals surface area contributed by atoms with Crippen molar-refractivity contribution in [3.05, 3.63) is 70.3 Å². The van der Waals surface area contributed by atoms with Crippen LogP contribution in [0.25, 0.3) is 22.4 Å². The molecule has 10 nitrogen and oxygen atoms in total. The highest BCUT2D eigenvalue weighted by Crippen LogP contribution is 2.31. The normalized spacial score (nSPS) is 14.6. The van der Waals surface area contributed by atoms with Crippen LogP contribution in [-0.4, -0.2) is 58.0 Å². The number of likely N-dealkylation sites (N-methyl/N-ethyl adjacent to an activating group) is 1. The Hall–Kier alpha value is -3.91. The molecule has 2 aromatic carbocycles. The highest BCUT2D eigenvalue weighted by Gasteiger charge is 2.31. The van der Waals surface area contributed by atoms with Crippen molar-refractivity contribution in [2.24, 2.45) is 7.05 Å². The van der Waals surface area contributed by atoms with Crippen molar-refractivity contribution < 1.29 is 30.8 Å². The molecule has 206 valence electrons. The van der Waals surface area contributed by atoms with Crippen molar-refractivity contribution in [2.75, 3.05) is 20.1 Å². The Kier molecular flexibility index (Phi) is 6.63. The van der Waals surface area contributed by atoms with Gasteiger partial charge < -0.3 is 9.32 Å². The molecule has 1 amide bonds. The Morgan fingerprint density at radius 1 is 1.10 bits per heavy atom. The largest absolute Gasteiger partial charge is 0.419 e. The molecule has 3 heterocycles. The van der Waals surface area contributed by atoms with E-state index in [-0.39, 0.29) is 17.0 Å². The molecule has 0 aliphatic carbocycles. The molecule has 1 aliphatic heterocycles. The number of aromatic nitrogens is 3. The summed E-state index contributed by atoms with van der Waals surface area (Å²) >= 11 is 0. The summed E-state index contributed by atoms with van der Waals surface area (Å²) in [6.45, 7) is 0.628. The molecule has 0 saturated carbocycles. The number of nitrogens with zero attached hydrogens (tertiary/aromatic N) is 5. The third kappa shape index (κ3) is 5.08. The second kappa shape index (κ2) is 9.68. The van der Waals surface area contributed by atoms with Gasteiger partial charge in [-0.25, -0.2) is 13.2 Å². The zero-order valence-electron chi connectivity index (χ0n) is 21.0. The predicted molar refractivity (Wildman–Crippen MR) is 134 cm³/mol. The Morgan fingerprint density at radius 2 is 1.82 bits per heavy atom. The number of sulfonamides is 1. The molecule has 0 N–H and O–H groups in total. The smallest absolute Gasteiger partial charge is 0.408 e. The number of aryl methyl sites for hydroxylation is 2. The third-order valence-corrected chi connectivity index (χ3v) is 8.50. The Balaban J connectivity index is 1.31. The minimum Gasteiger partial charge on any atom is -0.408 e. The van der Waals surface area contributed by atoms with Crippen LogP contribution in [-0.2, 0) is 41.1 Å². The van der Waals surface area contributed by atoms with Crippen LogP contribution in [0.2, 0.25) is 0 Å². The fraction of sp³-hybridized carbons (Fsp3) is 0.320. The van der Waals surface area contributed by atoms with Crippen LogP contribution in [0.5, 0.6) is 0 Å². The first-order valence-corrected chi connectivity index (χ1v) is 13.4. The summed E-state index contributed by atoms with van der Waals surface area (Å²) in [6, 6.07) is 10.5. The van der Waals surface area contributed by atoms with Crippen LogP contribution < -0.4 is 5.76 Å². The summed E-state index contributed by atoms with van der Waals surface area (Å²) in [4.78, 5) is 26.3. The highest BCUT2D eigenvalue weighted by molar-refractivity contribution is 7.89. The van der Waals surface area contributed by atoms with Gasteiger partial charge in [0.1, 0.15) is 0 Å². The molecule has 0 bridgehead atoms. The van der Waals surface area contributed by atoms with Crippen molar-refractivity contribution in [1.82, 2.24) is 23.6 Å². The first kappa shape index (κ1) is 26.7. The van der Waals surface area contributed by atoms with E-state index in [4.69, 9.17) is 4.42 Å².